The predicted octanol–water partition coefficient (Wildman–Crippen LogP) is 5.16. The molecule has 0 radical (unpaired) electrons. The molecule has 1 heterocycles. The monoisotopic (exact) mass is 337 g/mol. The Balaban J connectivity index is 2.26. The van der Waals surface area contributed by atoms with Gasteiger partial charge in [0.25, 0.3) is 0 Å². The summed E-state index contributed by atoms with van der Waals surface area (Å²) in [5, 5.41) is 3.65. The summed E-state index contributed by atoms with van der Waals surface area (Å²) in [5.41, 5.74) is 1.33. The zero-order valence-electron chi connectivity index (χ0n) is 11.4. The highest BCUT2D eigenvalue weighted by Gasteiger charge is 2.15. The van der Waals surface area contributed by atoms with Crippen LogP contribution in [0.2, 0.25) is 0 Å². The SMILES string of the molecule is CCCNC(c1ccc(Br)cc1)c1ccc(CC)s1. The van der Waals surface area contributed by atoms with E-state index in [4.69, 9.17) is 0 Å². The van der Waals surface area contributed by atoms with E-state index in [0.717, 1.165) is 23.9 Å². The highest BCUT2D eigenvalue weighted by atomic mass is 79.9. The van der Waals surface area contributed by atoms with Crippen molar-refractivity contribution >= 4 is 27.3 Å². The van der Waals surface area contributed by atoms with Crippen molar-refractivity contribution in [2.75, 3.05) is 6.54 Å². The molecule has 0 amide bonds. The third kappa shape index (κ3) is 3.91. The first-order valence-corrected chi connectivity index (χ1v) is 8.43. The lowest BCUT2D eigenvalue weighted by Crippen LogP contribution is -2.22. The Morgan fingerprint density at radius 3 is 2.42 bits per heavy atom. The maximum absolute atomic E-state index is 3.65. The normalized spacial score (nSPS) is 12.6. The van der Waals surface area contributed by atoms with Gasteiger partial charge in [-0.25, -0.2) is 0 Å². The van der Waals surface area contributed by atoms with Crippen LogP contribution in [0.5, 0.6) is 0 Å². The molecule has 0 saturated carbocycles. The lowest BCUT2D eigenvalue weighted by Gasteiger charge is -2.17. The Morgan fingerprint density at radius 2 is 1.84 bits per heavy atom. The molecule has 3 heteroatoms. The Morgan fingerprint density at radius 1 is 1.11 bits per heavy atom. The fourth-order valence-corrected chi connectivity index (χ4v) is 3.39. The first kappa shape index (κ1) is 14.8. The minimum atomic E-state index is 0.318. The highest BCUT2D eigenvalue weighted by Crippen LogP contribution is 2.29. The maximum Gasteiger partial charge on any atom is 0.0671 e. The number of aryl methyl sites for hydroxylation is 1. The van der Waals surface area contributed by atoms with Crippen molar-refractivity contribution in [1.82, 2.24) is 5.32 Å². The number of hydrogen-bond acceptors (Lipinski definition) is 2. The van der Waals surface area contributed by atoms with Crippen molar-refractivity contribution < 1.29 is 0 Å². The van der Waals surface area contributed by atoms with Crippen molar-refractivity contribution in [1.29, 1.82) is 0 Å². The molecule has 0 aliphatic heterocycles. The Hall–Kier alpha value is -0.640. The van der Waals surface area contributed by atoms with Crippen molar-refractivity contribution in [3.05, 3.63) is 56.2 Å². The van der Waals surface area contributed by atoms with Gasteiger partial charge in [-0.15, -0.1) is 11.3 Å². The number of hydrogen-bond donors (Lipinski definition) is 1. The molecule has 102 valence electrons. The van der Waals surface area contributed by atoms with Gasteiger partial charge in [0.15, 0.2) is 0 Å². The molecule has 1 aromatic heterocycles. The van der Waals surface area contributed by atoms with Gasteiger partial charge in [0, 0.05) is 14.2 Å². The number of thiophene rings is 1. The van der Waals surface area contributed by atoms with E-state index in [1.54, 1.807) is 0 Å². The van der Waals surface area contributed by atoms with Gasteiger partial charge in [-0.1, -0.05) is 41.9 Å². The zero-order valence-corrected chi connectivity index (χ0v) is 13.9. The second-order valence-electron chi connectivity index (χ2n) is 4.60. The molecule has 19 heavy (non-hydrogen) atoms. The smallest absolute Gasteiger partial charge is 0.0671 e. The van der Waals surface area contributed by atoms with Crippen LogP contribution < -0.4 is 5.32 Å². The minimum Gasteiger partial charge on any atom is -0.306 e. The predicted molar refractivity (Wildman–Crippen MR) is 88.0 cm³/mol. The van der Waals surface area contributed by atoms with E-state index < -0.39 is 0 Å². The summed E-state index contributed by atoms with van der Waals surface area (Å²) < 4.78 is 1.13. The molecule has 1 nitrogen and oxygen atoms in total. The minimum absolute atomic E-state index is 0.318. The lowest BCUT2D eigenvalue weighted by molar-refractivity contribution is 0.606. The van der Waals surface area contributed by atoms with Gasteiger partial charge in [-0.05, 0) is 49.2 Å². The third-order valence-electron chi connectivity index (χ3n) is 3.12. The molecule has 0 fully saturated rings. The van der Waals surface area contributed by atoms with Crippen molar-refractivity contribution in [2.24, 2.45) is 0 Å². The fourth-order valence-electron chi connectivity index (χ4n) is 2.07. The first-order valence-electron chi connectivity index (χ1n) is 6.82. The number of nitrogens with one attached hydrogen (secondary N) is 1. The van der Waals surface area contributed by atoms with Gasteiger partial charge in [-0.3, -0.25) is 0 Å². The maximum atomic E-state index is 3.65. The Labute approximate surface area is 128 Å². The lowest BCUT2D eigenvalue weighted by atomic mass is 10.1. The van der Waals surface area contributed by atoms with Crippen LogP contribution in [0.4, 0.5) is 0 Å². The highest BCUT2D eigenvalue weighted by molar-refractivity contribution is 9.10. The number of benzene rings is 1. The second-order valence-corrected chi connectivity index (χ2v) is 6.71. The second kappa shape index (κ2) is 7.22. The van der Waals surface area contributed by atoms with Gasteiger partial charge in [0.2, 0.25) is 0 Å². The van der Waals surface area contributed by atoms with Gasteiger partial charge < -0.3 is 5.32 Å². The van der Waals surface area contributed by atoms with E-state index in [9.17, 15) is 0 Å². The molecule has 0 aliphatic rings. The molecule has 0 saturated heterocycles. The molecule has 0 spiro atoms. The molecule has 0 bridgehead atoms. The van der Waals surface area contributed by atoms with Crippen LogP contribution in [0, 0.1) is 0 Å². The standard InChI is InChI=1S/C16H20BrNS/c1-3-11-18-16(12-5-7-13(17)8-6-12)15-10-9-14(4-2)19-15/h5-10,16,18H,3-4,11H2,1-2H3. The molecule has 1 aromatic carbocycles. The number of rotatable bonds is 6. The summed E-state index contributed by atoms with van der Waals surface area (Å²) in [6, 6.07) is 13.5. The van der Waals surface area contributed by atoms with Crippen molar-refractivity contribution in [2.45, 2.75) is 32.7 Å². The van der Waals surface area contributed by atoms with E-state index in [1.807, 2.05) is 11.3 Å². The first-order chi connectivity index (χ1) is 9.24. The van der Waals surface area contributed by atoms with E-state index in [2.05, 4.69) is 71.5 Å². The van der Waals surface area contributed by atoms with Crippen molar-refractivity contribution in [3.8, 4) is 0 Å². The Bertz CT molecular complexity index is 504. The van der Waals surface area contributed by atoms with Crippen LogP contribution >= 0.6 is 27.3 Å². The van der Waals surface area contributed by atoms with E-state index >= 15 is 0 Å². The van der Waals surface area contributed by atoms with Crippen LogP contribution in [-0.4, -0.2) is 6.54 Å². The average molecular weight is 338 g/mol. The van der Waals surface area contributed by atoms with Gasteiger partial charge in [-0.2, -0.15) is 0 Å². The van der Waals surface area contributed by atoms with Crippen LogP contribution in [0.15, 0.2) is 40.9 Å². The van der Waals surface area contributed by atoms with Crippen LogP contribution in [0.1, 0.15) is 41.6 Å². The Kier molecular flexibility index (Phi) is 5.61. The topological polar surface area (TPSA) is 12.0 Å². The van der Waals surface area contributed by atoms with E-state index in [0.29, 0.717) is 6.04 Å². The molecule has 1 unspecified atom stereocenters. The average Bonchev–Trinajstić information content (AvgIpc) is 2.90. The molecular weight excluding hydrogens is 318 g/mol. The largest absolute Gasteiger partial charge is 0.306 e. The summed E-state index contributed by atoms with van der Waals surface area (Å²) in [6.07, 6.45) is 2.27. The van der Waals surface area contributed by atoms with Gasteiger partial charge in [0.05, 0.1) is 6.04 Å². The molecule has 1 N–H and O–H groups in total. The summed E-state index contributed by atoms with van der Waals surface area (Å²) in [5.74, 6) is 0. The van der Waals surface area contributed by atoms with Crippen LogP contribution in [0.25, 0.3) is 0 Å². The zero-order chi connectivity index (χ0) is 13.7. The van der Waals surface area contributed by atoms with Crippen molar-refractivity contribution in [3.63, 3.8) is 0 Å². The molecule has 2 aromatic rings. The fraction of sp³-hybridized carbons (Fsp3) is 0.375. The van der Waals surface area contributed by atoms with E-state index in [-0.39, 0.29) is 0 Å². The summed E-state index contributed by atoms with van der Waals surface area (Å²) in [6.45, 7) is 5.46. The summed E-state index contributed by atoms with van der Waals surface area (Å²) in [7, 11) is 0. The van der Waals surface area contributed by atoms with E-state index in [1.165, 1.54) is 15.3 Å². The van der Waals surface area contributed by atoms with Crippen LogP contribution in [0.3, 0.4) is 0 Å². The molecule has 2 rings (SSSR count). The molecule has 1 atom stereocenters. The summed E-state index contributed by atoms with van der Waals surface area (Å²) in [4.78, 5) is 2.86. The van der Waals surface area contributed by atoms with Crippen LogP contribution in [-0.2, 0) is 6.42 Å². The molecule has 0 aliphatic carbocycles. The molecular formula is C16H20BrNS. The van der Waals surface area contributed by atoms with Gasteiger partial charge >= 0.3 is 0 Å². The third-order valence-corrected chi connectivity index (χ3v) is 4.94. The van der Waals surface area contributed by atoms with Gasteiger partial charge in [0.1, 0.15) is 0 Å². The quantitative estimate of drug-likeness (QED) is 0.767. The summed E-state index contributed by atoms with van der Waals surface area (Å²) >= 11 is 5.42. The number of halogens is 1.